The summed E-state index contributed by atoms with van der Waals surface area (Å²) in [4.78, 5) is 12.7. The molecule has 0 bridgehead atoms. The number of nitrogens with zero attached hydrogens (tertiary/aromatic N) is 3. The van der Waals surface area contributed by atoms with Gasteiger partial charge in [-0.2, -0.15) is 0 Å². The number of pyridine rings is 1. The van der Waals surface area contributed by atoms with Crippen molar-refractivity contribution in [2.75, 3.05) is 5.32 Å². The normalized spacial score (nSPS) is 15.7. The van der Waals surface area contributed by atoms with E-state index in [2.05, 4.69) is 27.2 Å². The molecule has 2 aromatic rings. The average molecular weight is 269 g/mol. The minimum absolute atomic E-state index is 0.468. The number of hydrogen-bond donors (Lipinski definition) is 1. The molecular weight excluding hydrogens is 252 g/mol. The molecule has 1 unspecified atom stereocenters. The SMILES string of the molecule is [CH2]C(Nc1ncc(C2CC2)cn1)Oc1cccnc1C. The lowest BCUT2D eigenvalue weighted by atomic mass is 10.2. The Morgan fingerprint density at radius 2 is 2.05 bits per heavy atom. The van der Waals surface area contributed by atoms with Crippen LogP contribution in [0.15, 0.2) is 30.7 Å². The number of rotatable bonds is 5. The number of ether oxygens (including phenoxy) is 1. The fourth-order valence-corrected chi connectivity index (χ4v) is 1.96. The van der Waals surface area contributed by atoms with E-state index in [1.807, 2.05) is 31.5 Å². The van der Waals surface area contributed by atoms with Crippen molar-refractivity contribution in [3.8, 4) is 5.75 Å². The van der Waals surface area contributed by atoms with Crippen molar-refractivity contribution in [2.24, 2.45) is 0 Å². The van der Waals surface area contributed by atoms with Crippen LogP contribution in [0, 0.1) is 13.8 Å². The van der Waals surface area contributed by atoms with E-state index in [0.717, 1.165) is 5.69 Å². The van der Waals surface area contributed by atoms with E-state index in [9.17, 15) is 0 Å². The van der Waals surface area contributed by atoms with Gasteiger partial charge in [0.05, 0.1) is 5.69 Å². The number of hydrogen-bond acceptors (Lipinski definition) is 5. The number of nitrogens with one attached hydrogen (secondary N) is 1. The maximum atomic E-state index is 5.67. The number of anilines is 1. The summed E-state index contributed by atoms with van der Waals surface area (Å²) in [6.45, 7) is 5.79. The first-order valence-electron chi connectivity index (χ1n) is 6.72. The van der Waals surface area contributed by atoms with Crippen LogP contribution in [-0.2, 0) is 0 Å². The summed E-state index contributed by atoms with van der Waals surface area (Å²) >= 11 is 0. The molecule has 0 aromatic carbocycles. The summed E-state index contributed by atoms with van der Waals surface area (Å²) in [6, 6.07) is 3.69. The summed E-state index contributed by atoms with van der Waals surface area (Å²) in [5.41, 5.74) is 2.04. The third kappa shape index (κ3) is 3.04. The first kappa shape index (κ1) is 12.8. The zero-order valence-electron chi connectivity index (χ0n) is 11.4. The molecule has 1 aliphatic carbocycles. The van der Waals surface area contributed by atoms with E-state index < -0.39 is 6.23 Å². The molecule has 5 heteroatoms. The fraction of sp³-hybridized carbons (Fsp3) is 0.333. The molecule has 20 heavy (non-hydrogen) atoms. The lowest BCUT2D eigenvalue weighted by Crippen LogP contribution is -2.24. The van der Waals surface area contributed by atoms with Crippen molar-refractivity contribution in [1.29, 1.82) is 0 Å². The molecule has 1 fully saturated rings. The third-order valence-corrected chi connectivity index (χ3v) is 3.24. The summed E-state index contributed by atoms with van der Waals surface area (Å²) < 4.78 is 5.67. The molecule has 0 aliphatic heterocycles. The Balaban J connectivity index is 1.60. The second kappa shape index (κ2) is 5.45. The van der Waals surface area contributed by atoms with E-state index in [1.54, 1.807) is 6.20 Å². The van der Waals surface area contributed by atoms with Crippen LogP contribution in [0.1, 0.15) is 30.0 Å². The van der Waals surface area contributed by atoms with Crippen molar-refractivity contribution in [2.45, 2.75) is 31.9 Å². The lowest BCUT2D eigenvalue weighted by molar-refractivity contribution is 0.271. The molecule has 0 amide bonds. The molecule has 2 aromatic heterocycles. The smallest absolute Gasteiger partial charge is 0.225 e. The Bertz CT molecular complexity index is 581. The van der Waals surface area contributed by atoms with Crippen LogP contribution in [0.25, 0.3) is 0 Å². The first-order valence-corrected chi connectivity index (χ1v) is 6.72. The van der Waals surface area contributed by atoms with Crippen LogP contribution in [0.2, 0.25) is 0 Å². The van der Waals surface area contributed by atoms with Crippen molar-refractivity contribution in [3.05, 3.63) is 48.9 Å². The molecule has 0 saturated heterocycles. The van der Waals surface area contributed by atoms with Gasteiger partial charge in [-0.15, -0.1) is 0 Å². The van der Waals surface area contributed by atoms with Gasteiger partial charge in [0, 0.05) is 25.5 Å². The summed E-state index contributed by atoms with van der Waals surface area (Å²) in [5, 5.41) is 3.02. The molecule has 103 valence electrons. The Morgan fingerprint density at radius 1 is 1.30 bits per heavy atom. The fourth-order valence-electron chi connectivity index (χ4n) is 1.96. The van der Waals surface area contributed by atoms with E-state index in [1.165, 1.54) is 18.4 Å². The molecule has 1 saturated carbocycles. The van der Waals surface area contributed by atoms with Gasteiger partial charge in [-0.25, -0.2) is 9.97 Å². The summed E-state index contributed by atoms with van der Waals surface area (Å²) in [5.74, 6) is 1.89. The Hall–Kier alpha value is -2.17. The summed E-state index contributed by atoms with van der Waals surface area (Å²) in [6.07, 6.45) is 7.50. The van der Waals surface area contributed by atoms with Crippen molar-refractivity contribution < 1.29 is 4.74 Å². The highest BCUT2D eigenvalue weighted by molar-refractivity contribution is 5.30. The van der Waals surface area contributed by atoms with Gasteiger partial charge >= 0.3 is 0 Å². The largest absolute Gasteiger partial charge is 0.469 e. The van der Waals surface area contributed by atoms with Crippen LogP contribution in [-0.4, -0.2) is 21.2 Å². The van der Waals surface area contributed by atoms with Crippen LogP contribution < -0.4 is 10.1 Å². The quantitative estimate of drug-likeness (QED) is 0.846. The zero-order valence-corrected chi connectivity index (χ0v) is 11.4. The van der Waals surface area contributed by atoms with Crippen LogP contribution in [0.4, 0.5) is 5.95 Å². The van der Waals surface area contributed by atoms with Crippen molar-refractivity contribution >= 4 is 5.95 Å². The molecule has 1 atom stereocenters. The molecule has 1 N–H and O–H groups in total. The van der Waals surface area contributed by atoms with Crippen LogP contribution >= 0.6 is 0 Å². The van der Waals surface area contributed by atoms with Gasteiger partial charge in [0.25, 0.3) is 0 Å². The molecule has 1 aliphatic rings. The molecule has 1 radical (unpaired) electrons. The van der Waals surface area contributed by atoms with Gasteiger partial charge in [0.2, 0.25) is 5.95 Å². The molecule has 0 spiro atoms. The maximum Gasteiger partial charge on any atom is 0.225 e. The minimum Gasteiger partial charge on any atom is -0.469 e. The molecule has 2 heterocycles. The summed E-state index contributed by atoms with van der Waals surface area (Å²) in [7, 11) is 0. The van der Waals surface area contributed by atoms with Gasteiger partial charge in [0.1, 0.15) is 5.75 Å². The maximum absolute atomic E-state index is 5.67. The van der Waals surface area contributed by atoms with E-state index in [4.69, 9.17) is 4.74 Å². The highest BCUT2D eigenvalue weighted by Gasteiger charge is 2.24. The zero-order chi connectivity index (χ0) is 13.9. The second-order valence-electron chi connectivity index (χ2n) is 4.95. The molecular formula is C15H17N4O. The predicted molar refractivity (Wildman–Crippen MR) is 76.4 cm³/mol. The van der Waals surface area contributed by atoms with Gasteiger partial charge in [-0.3, -0.25) is 4.98 Å². The van der Waals surface area contributed by atoms with Gasteiger partial charge in [-0.1, -0.05) is 0 Å². The van der Waals surface area contributed by atoms with Crippen LogP contribution in [0.5, 0.6) is 5.75 Å². The predicted octanol–water partition coefficient (Wildman–Crippen LogP) is 2.71. The van der Waals surface area contributed by atoms with Crippen molar-refractivity contribution in [3.63, 3.8) is 0 Å². The van der Waals surface area contributed by atoms with E-state index >= 15 is 0 Å². The monoisotopic (exact) mass is 269 g/mol. The number of aromatic nitrogens is 3. The average Bonchev–Trinajstić information content (AvgIpc) is 3.27. The minimum atomic E-state index is -0.468. The van der Waals surface area contributed by atoms with Gasteiger partial charge in [0.15, 0.2) is 6.23 Å². The van der Waals surface area contributed by atoms with Gasteiger partial charge < -0.3 is 10.1 Å². The molecule has 5 nitrogen and oxygen atoms in total. The Morgan fingerprint density at radius 3 is 2.70 bits per heavy atom. The third-order valence-electron chi connectivity index (χ3n) is 3.24. The van der Waals surface area contributed by atoms with Crippen LogP contribution in [0.3, 0.4) is 0 Å². The lowest BCUT2D eigenvalue weighted by Gasteiger charge is -2.16. The number of aryl methyl sites for hydroxylation is 1. The second-order valence-corrected chi connectivity index (χ2v) is 4.95. The Kier molecular flexibility index (Phi) is 3.50. The topological polar surface area (TPSA) is 59.9 Å². The standard InChI is InChI=1S/C15H17N4O/c1-10-14(4-3-7-16-10)20-11(2)19-15-17-8-13(9-18-15)12-5-6-12/h3-4,7-9,11-12H,2,5-6H2,1H3,(H,17,18,19). The van der Waals surface area contributed by atoms with E-state index in [-0.39, 0.29) is 0 Å². The van der Waals surface area contributed by atoms with Gasteiger partial charge in [-0.05, 0) is 43.4 Å². The van der Waals surface area contributed by atoms with Crippen molar-refractivity contribution in [1.82, 2.24) is 15.0 Å². The highest BCUT2D eigenvalue weighted by atomic mass is 16.5. The van der Waals surface area contributed by atoms with E-state index in [0.29, 0.717) is 17.6 Å². The highest BCUT2D eigenvalue weighted by Crippen LogP contribution is 2.39. The first-order chi connectivity index (χ1) is 9.72. The Labute approximate surface area is 118 Å². The molecule has 3 rings (SSSR count).